The second-order valence-electron chi connectivity index (χ2n) is 4.29. The monoisotopic (exact) mass is 261 g/mol. The number of aromatic hydroxyl groups is 1. The van der Waals surface area contributed by atoms with Crippen molar-refractivity contribution in [2.24, 2.45) is 0 Å². The predicted octanol–water partition coefficient (Wildman–Crippen LogP) is 3.90. The van der Waals surface area contributed by atoms with E-state index in [9.17, 15) is 5.11 Å². The van der Waals surface area contributed by atoms with Gasteiger partial charge in [-0.15, -0.1) is 0 Å². The Bertz CT molecular complexity index is 513. The minimum atomic E-state index is 0.226. The molecule has 2 rings (SSSR count). The molecule has 2 aromatic carbocycles. The SMILES string of the molecule is C[C@H](NCc1cc(Cl)ccc1O)c1ccccc1. The van der Waals surface area contributed by atoms with Gasteiger partial charge < -0.3 is 10.4 Å². The van der Waals surface area contributed by atoms with Crippen LogP contribution in [0.4, 0.5) is 0 Å². The maximum atomic E-state index is 9.72. The number of hydrogen-bond acceptors (Lipinski definition) is 2. The van der Waals surface area contributed by atoms with Crippen LogP contribution >= 0.6 is 11.6 Å². The van der Waals surface area contributed by atoms with Crippen LogP contribution in [-0.4, -0.2) is 5.11 Å². The highest BCUT2D eigenvalue weighted by atomic mass is 35.5. The summed E-state index contributed by atoms with van der Waals surface area (Å²) >= 11 is 5.91. The van der Waals surface area contributed by atoms with Gasteiger partial charge in [-0.05, 0) is 30.7 Å². The first-order chi connectivity index (χ1) is 8.66. The third-order valence-electron chi connectivity index (χ3n) is 2.94. The molecule has 0 saturated carbocycles. The number of rotatable bonds is 4. The zero-order chi connectivity index (χ0) is 13.0. The van der Waals surface area contributed by atoms with E-state index in [1.807, 2.05) is 18.2 Å². The maximum Gasteiger partial charge on any atom is 0.120 e. The molecule has 0 fully saturated rings. The van der Waals surface area contributed by atoms with Gasteiger partial charge >= 0.3 is 0 Å². The van der Waals surface area contributed by atoms with Crippen LogP contribution in [0.5, 0.6) is 5.75 Å². The zero-order valence-corrected chi connectivity index (χ0v) is 11.0. The Hall–Kier alpha value is -1.51. The van der Waals surface area contributed by atoms with E-state index in [1.165, 1.54) is 5.56 Å². The summed E-state index contributed by atoms with van der Waals surface area (Å²) in [7, 11) is 0. The number of benzene rings is 2. The molecular formula is C15H16ClNO. The number of phenolic OH excluding ortho intramolecular Hbond substituents is 1. The van der Waals surface area contributed by atoms with Crippen molar-refractivity contribution >= 4 is 11.6 Å². The van der Waals surface area contributed by atoms with Crippen LogP contribution in [0.25, 0.3) is 0 Å². The van der Waals surface area contributed by atoms with E-state index in [1.54, 1.807) is 18.2 Å². The van der Waals surface area contributed by atoms with Crippen LogP contribution in [0.2, 0.25) is 5.02 Å². The highest BCUT2D eigenvalue weighted by Gasteiger charge is 2.06. The largest absolute Gasteiger partial charge is 0.508 e. The van der Waals surface area contributed by atoms with Crippen molar-refractivity contribution in [3.8, 4) is 5.75 Å². The van der Waals surface area contributed by atoms with Gasteiger partial charge in [0.2, 0.25) is 0 Å². The third kappa shape index (κ3) is 3.25. The molecule has 18 heavy (non-hydrogen) atoms. The number of phenols is 1. The molecule has 0 aromatic heterocycles. The van der Waals surface area contributed by atoms with E-state index in [-0.39, 0.29) is 11.8 Å². The van der Waals surface area contributed by atoms with Gasteiger partial charge in [-0.3, -0.25) is 0 Å². The summed E-state index contributed by atoms with van der Waals surface area (Å²) in [6.07, 6.45) is 0. The average molecular weight is 262 g/mol. The van der Waals surface area contributed by atoms with Gasteiger partial charge in [0.25, 0.3) is 0 Å². The van der Waals surface area contributed by atoms with E-state index in [0.29, 0.717) is 11.6 Å². The fourth-order valence-electron chi connectivity index (χ4n) is 1.82. The molecule has 0 aliphatic carbocycles. The Morgan fingerprint density at radius 1 is 1.17 bits per heavy atom. The van der Waals surface area contributed by atoms with Gasteiger partial charge in [0.05, 0.1) is 0 Å². The second-order valence-corrected chi connectivity index (χ2v) is 4.72. The fourth-order valence-corrected chi connectivity index (χ4v) is 2.01. The second kappa shape index (κ2) is 5.89. The van der Waals surface area contributed by atoms with Crippen molar-refractivity contribution < 1.29 is 5.11 Å². The van der Waals surface area contributed by atoms with Gasteiger partial charge in [-0.25, -0.2) is 0 Å². The highest BCUT2D eigenvalue weighted by Crippen LogP contribution is 2.22. The summed E-state index contributed by atoms with van der Waals surface area (Å²) in [6, 6.07) is 15.5. The molecule has 0 aliphatic heterocycles. The van der Waals surface area contributed by atoms with Gasteiger partial charge in [0.15, 0.2) is 0 Å². The number of hydrogen-bond donors (Lipinski definition) is 2. The van der Waals surface area contributed by atoms with Gasteiger partial charge in [0.1, 0.15) is 5.75 Å². The first-order valence-electron chi connectivity index (χ1n) is 5.92. The molecule has 3 heteroatoms. The quantitative estimate of drug-likeness (QED) is 0.875. The van der Waals surface area contributed by atoms with Crippen LogP contribution in [0, 0.1) is 0 Å². The summed E-state index contributed by atoms with van der Waals surface area (Å²) in [4.78, 5) is 0. The van der Waals surface area contributed by atoms with Crippen molar-refractivity contribution in [3.05, 3.63) is 64.7 Å². The van der Waals surface area contributed by atoms with Crippen LogP contribution in [0.15, 0.2) is 48.5 Å². The van der Waals surface area contributed by atoms with Crippen molar-refractivity contribution in [2.45, 2.75) is 19.5 Å². The van der Waals surface area contributed by atoms with Gasteiger partial charge in [-0.1, -0.05) is 41.9 Å². The summed E-state index contributed by atoms with van der Waals surface area (Å²) in [5.74, 6) is 0.271. The van der Waals surface area contributed by atoms with Crippen LogP contribution in [0.1, 0.15) is 24.1 Å². The van der Waals surface area contributed by atoms with Crippen molar-refractivity contribution in [1.29, 1.82) is 0 Å². The maximum absolute atomic E-state index is 9.72. The molecule has 0 radical (unpaired) electrons. The van der Waals surface area contributed by atoms with E-state index >= 15 is 0 Å². The zero-order valence-electron chi connectivity index (χ0n) is 10.2. The lowest BCUT2D eigenvalue weighted by Gasteiger charge is -2.15. The fraction of sp³-hybridized carbons (Fsp3) is 0.200. The minimum absolute atomic E-state index is 0.226. The van der Waals surface area contributed by atoms with E-state index in [2.05, 4.69) is 24.4 Å². The first kappa shape index (κ1) is 12.9. The van der Waals surface area contributed by atoms with Crippen LogP contribution in [0.3, 0.4) is 0 Å². The molecule has 0 bridgehead atoms. The Kier molecular flexibility index (Phi) is 4.24. The Balaban J connectivity index is 2.01. The summed E-state index contributed by atoms with van der Waals surface area (Å²) in [5, 5.41) is 13.7. The lowest BCUT2D eigenvalue weighted by Crippen LogP contribution is -2.18. The Morgan fingerprint density at radius 2 is 1.89 bits per heavy atom. The molecule has 2 aromatic rings. The summed E-state index contributed by atoms with van der Waals surface area (Å²) < 4.78 is 0. The Labute approximate surface area is 112 Å². The average Bonchev–Trinajstić information content (AvgIpc) is 2.40. The smallest absolute Gasteiger partial charge is 0.120 e. The van der Waals surface area contributed by atoms with Crippen molar-refractivity contribution in [1.82, 2.24) is 5.32 Å². The molecule has 0 saturated heterocycles. The summed E-state index contributed by atoms with van der Waals surface area (Å²) in [6.45, 7) is 2.68. The Morgan fingerprint density at radius 3 is 2.61 bits per heavy atom. The lowest BCUT2D eigenvalue weighted by molar-refractivity contribution is 0.460. The standard InChI is InChI=1S/C15H16ClNO/c1-11(12-5-3-2-4-6-12)17-10-13-9-14(16)7-8-15(13)18/h2-9,11,17-18H,10H2,1H3/t11-/m0/s1. The summed E-state index contributed by atoms with van der Waals surface area (Å²) in [5.41, 5.74) is 2.03. The highest BCUT2D eigenvalue weighted by molar-refractivity contribution is 6.30. The number of halogens is 1. The van der Waals surface area contributed by atoms with E-state index in [4.69, 9.17) is 11.6 Å². The molecule has 2 nitrogen and oxygen atoms in total. The predicted molar refractivity (Wildman–Crippen MR) is 74.8 cm³/mol. The normalized spacial score (nSPS) is 12.3. The van der Waals surface area contributed by atoms with E-state index < -0.39 is 0 Å². The molecule has 94 valence electrons. The molecule has 0 spiro atoms. The minimum Gasteiger partial charge on any atom is -0.508 e. The first-order valence-corrected chi connectivity index (χ1v) is 6.30. The van der Waals surface area contributed by atoms with Crippen LogP contribution in [-0.2, 0) is 6.54 Å². The van der Waals surface area contributed by atoms with Crippen molar-refractivity contribution in [3.63, 3.8) is 0 Å². The van der Waals surface area contributed by atoms with Crippen molar-refractivity contribution in [2.75, 3.05) is 0 Å². The lowest BCUT2D eigenvalue weighted by atomic mass is 10.1. The molecule has 2 N–H and O–H groups in total. The molecule has 0 unspecified atom stereocenters. The van der Waals surface area contributed by atoms with Gasteiger partial charge in [-0.2, -0.15) is 0 Å². The third-order valence-corrected chi connectivity index (χ3v) is 3.17. The van der Waals surface area contributed by atoms with Gasteiger partial charge in [0, 0.05) is 23.2 Å². The van der Waals surface area contributed by atoms with E-state index in [0.717, 1.165) is 5.56 Å². The van der Waals surface area contributed by atoms with Crippen LogP contribution < -0.4 is 5.32 Å². The molecular weight excluding hydrogens is 246 g/mol. The molecule has 1 atom stereocenters. The topological polar surface area (TPSA) is 32.3 Å². The number of nitrogens with one attached hydrogen (secondary N) is 1. The molecule has 0 heterocycles. The molecule has 0 aliphatic rings. The molecule has 0 amide bonds.